The van der Waals surface area contributed by atoms with Gasteiger partial charge in [0.05, 0.1) is 12.2 Å². The van der Waals surface area contributed by atoms with Crippen LogP contribution in [0.25, 0.3) is 0 Å². The Morgan fingerprint density at radius 1 is 0.690 bits per heavy atom. The summed E-state index contributed by atoms with van der Waals surface area (Å²) in [6.45, 7) is 4.69. The van der Waals surface area contributed by atoms with Crippen molar-refractivity contribution in [2.24, 2.45) is 0 Å². The standard InChI is InChI=1S/C19H30N4O6/c1-12(24)22-10-14(26)8-16(22)18(28)20-4-3-5-21(7-6-20)19(29)17-9-15(27)11-23(17)13(2)25/h14-17,26-27H,3-11H2,1-2H3/t14-,15-,16-,17-/m1/s1. The number of amides is 4. The first kappa shape index (κ1) is 21.5. The lowest BCUT2D eigenvalue weighted by atomic mass is 10.1. The number of likely N-dealkylation sites (tertiary alicyclic amines) is 2. The third-order valence-electron chi connectivity index (χ3n) is 6.06. The maximum absolute atomic E-state index is 13.0. The van der Waals surface area contributed by atoms with Gasteiger partial charge in [-0.25, -0.2) is 0 Å². The van der Waals surface area contributed by atoms with Gasteiger partial charge in [-0.05, 0) is 6.42 Å². The fraction of sp³-hybridized carbons (Fsp3) is 0.789. The number of aliphatic hydroxyl groups is 2. The molecule has 10 heteroatoms. The fourth-order valence-corrected chi connectivity index (χ4v) is 4.57. The summed E-state index contributed by atoms with van der Waals surface area (Å²) in [5.74, 6) is -0.883. The minimum Gasteiger partial charge on any atom is -0.391 e. The Morgan fingerprint density at radius 3 is 1.41 bits per heavy atom. The van der Waals surface area contributed by atoms with Crippen molar-refractivity contribution in [2.75, 3.05) is 39.3 Å². The van der Waals surface area contributed by atoms with Crippen molar-refractivity contribution in [3.05, 3.63) is 0 Å². The first-order valence-corrected chi connectivity index (χ1v) is 10.2. The van der Waals surface area contributed by atoms with Crippen molar-refractivity contribution in [3.8, 4) is 0 Å². The lowest BCUT2D eigenvalue weighted by Gasteiger charge is -2.30. The lowest BCUT2D eigenvalue weighted by Crippen LogP contribution is -2.50. The lowest BCUT2D eigenvalue weighted by molar-refractivity contribution is -0.144. The fourth-order valence-electron chi connectivity index (χ4n) is 4.57. The van der Waals surface area contributed by atoms with Gasteiger partial charge in [0.1, 0.15) is 12.1 Å². The van der Waals surface area contributed by atoms with E-state index in [1.807, 2.05) is 0 Å². The summed E-state index contributed by atoms with van der Waals surface area (Å²) in [4.78, 5) is 55.6. The van der Waals surface area contributed by atoms with Crippen molar-refractivity contribution < 1.29 is 29.4 Å². The van der Waals surface area contributed by atoms with E-state index in [0.717, 1.165) is 0 Å². The van der Waals surface area contributed by atoms with E-state index in [-0.39, 0.29) is 49.6 Å². The Morgan fingerprint density at radius 2 is 1.07 bits per heavy atom. The third kappa shape index (κ3) is 4.53. The predicted molar refractivity (Wildman–Crippen MR) is 101 cm³/mol. The van der Waals surface area contributed by atoms with Crippen LogP contribution in [-0.2, 0) is 19.2 Å². The molecule has 29 heavy (non-hydrogen) atoms. The van der Waals surface area contributed by atoms with Gasteiger partial charge in [-0.15, -0.1) is 0 Å². The van der Waals surface area contributed by atoms with Crippen LogP contribution < -0.4 is 0 Å². The van der Waals surface area contributed by atoms with Crippen LogP contribution >= 0.6 is 0 Å². The molecule has 3 rings (SSSR count). The average Bonchev–Trinajstić information content (AvgIpc) is 3.15. The summed E-state index contributed by atoms with van der Waals surface area (Å²) in [5.41, 5.74) is 0. The molecule has 0 aliphatic carbocycles. The number of aliphatic hydroxyl groups excluding tert-OH is 2. The molecule has 3 saturated heterocycles. The summed E-state index contributed by atoms with van der Waals surface area (Å²) in [6, 6.07) is -1.33. The molecule has 3 aliphatic rings. The first-order valence-electron chi connectivity index (χ1n) is 10.2. The first-order chi connectivity index (χ1) is 13.7. The van der Waals surface area contributed by atoms with Gasteiger partial charge in [-0.3, -0.25) is 19.2 Å². The summed E-state index contributed by atoms with van der Waals surface area (Å²) in [7, 11) is 0. The quantitative estimate of drug-likeness (QED) is 0.544. The zero-order valence-corrected chi connectivity index (χ0v) is 17.0. The van der Waals surface area contributed by atoms with Crippen LogP contribution in [0, 0.1) is 0 Å². The molecule has 10 nitrogen and oxygen atoms in total. The van der Waals surface area contributed by atoms with E-state index in [2.05, 4.69) is 0 Å². The van der Waals surface area contributed by atoms with Gasteiger partial charge in [-0.1, -0.05) is 0 Å². The molecule has 3 aliphatic heterocycles. The molecule has 4 atom stereocenters. The molecule has 3 fully saturated rings. The molecule has 4 amide bonds. The molecule has 3 heterocycles. The maximum atomic E-state index is 13.0. The molecule has 0 aromatic heterocycles. The summed E-state index contributed by atoms with van der Waals surface area (Å²) >= 11 is 0. The minimum atomic E-state index is -0.704. The van der Waals surface area contributed by atoms with Gasteiger partial charge < -0.3 is 29.8 Å². The number of rotatable bonds is 2. The Balaban J connectivity index is 1.63. The van der Waals surface area contributed by atoms with Crippen molar-refractivity contribution >= 4 is 23.6 Å². The molecule has 0 aromatic rings. The summed E-state index contributed by atoms with van der Waals surface area (Å²) in [6.07, 6.45) is -0.369. The molecular formula is C19H30N4O6. The van der Waals surface area contributed by atoms with E-state index in [0.29, 0.717) is 32.6 Å². The van der Waals surface area contributed by atoms with Crippen LogP contribution in [0.15, 0.2) is 0 Å². The van der Waals surface area contributed by atoms with Gasteiger partial charge in [0.25, 0.3) is 0 Å². The number of nitrogens with zero attached hydrogens (tertiary/aromatic N) is 4. The van der Waals surface area contributed by atoms with Gasteiger partial charge in [0, 0.05) is 66.0 Å². The second-order valence-corrected chi connectivity index (χ2v) is 8.16. The maximum Gasteiger partial charge on any atom is 0.245 e. The van der Waals surface area contributed by atoms with Crippen LogP contribution in [0.3, 0.4) is 0 Å². The Hall–Kier alpha value is -2.20. The largest absolute Gasteiger partial charge is 0.391 e. The number of hydrogen-bond acceptors (Lipinski definition) is 6. The molecule has 0 radical (unpaired) electrons. The van der Waals surface area contributed by atoms with Gasteiger partial charge >= 0.3 is 0 Å². The molecular weight excluding hydrogens is 380 g/mol. The van der Waals surface area contributed by atoms with Crippen molar-refractivity contribution in [3.63, 3.8) is 0 Å². The van der Waals surface area contributed by atoms with E-state index in [1.165, 1.54) is 23.6 Å². The second kappa shape index (κ2) is 8.66. The van der Waals surface area contributed by atoms with E-state index >= 15 is 0 Å². The predicted octanol–water partition coefficient (Wildman–Crippen LogP) is -1.99. The minimum absolute atomic E-state index is 0.162. The van der Waals surface area contributed by atoms with Gasteiger partial charge in [0.15, 0.2) is 0 Å². The Bertz CT molecular complexity index is 630. The molecule has 162 valence electrons. The van der Waals surface area contributed by atoms with Gasteiger partial charge in [-0.2, -0.15) is 0 Å². The Kier molecular flexibility index (Phi) is 6.42. The zero-order valence-electron chi connectivity index (χ0n) is 17.0. The van der Waals surface area contributed by atoms with Crippen LogP contribution in [-0.4, -0.2) is 117 Å². The normalized spacial score (nSPS) is 30.5. The molecule has 2 N–H and O–H groups in total. The number of carbonyl (C=O) groups is 4. The highest BCUT2D eigenvalue weighted by atomic mass is 16.3. The smallest absolute Gasteiger partial charge is 0.245 e. The second-order valence-electron chi connectivity index (χ2n) is 8.16. The summed E-state index contributed by atoms with van der Waals surface area (Å²) in [5, 5.41) is 19.8. The van der Waals surface area contributed by atoms with Crippen LogP contribution in [0.1, 0.15) is 33.1 Å². The van der Waals surface area contributed by atoms with Gasteiger partial charge in [0.2, 0.25) is 23.6 Å². The Labute approximate surface area is 170 Å². The van der Waals surface area contributed by atoms with Crippen LogP contribution in [0.2, 0.25) is 0 Å². The molecule has 0 aromatic carbocycles. The molecule has 0 bridgehead atoms. The van der Waals surface area contributed by atoms with E-state index in [1.54, 1.807) is 9.80 Å². The monoisotopic (exact) mass is 410 g/mol. The molecule has 0 saturated carbocycles. The van der Waals surface area contributed by atoms with Crippen molar-refractivity contribution in [2.45, 2.75) is 57.4 Å². The third-order valence-corrected chi connectivity index (χ3v) is 6.06. The number of carbonyl (C=O) groups excluding carboxylic acids is 4. The van der Waals surface area contributed by atoms with Crippen LogP contribution in [0.5, 0.6) is 0 Å². The van der Waals surface area contributed by atoms with E-state index in [4.69, 9.17) is 0 Å². The van der Waals surface area contributed by atoms with Crippen molar-refractivity contribution in [1.82, 2.24) is 19.6 Å². The highest BCUT2D eigenvalue weighted by molar-refractivity contribution is 5.89. The molecule has 0 unspecified atom stereocenters. The van der Waals surface area contributed by atoms with Crippen LogP contribution in [0.4, 0.5) is 0 Å². The highest BCUT2D eigenvalue weighted by Gasteiger charge is 2.42. The topological polar surface area (TPSA) is 122 Å². The molecule has 0 spiro atoms. The summed E-state index contributed by atoms with van der Waals surface area (Å²) < 4.78 is 0. The highest BCUT2D eigenvalue weighted by Crippen LogP contribution is 2.23. The van der Waals surface area contributed by atoms with E-state index in [9.17, 15) is 29.4 Å². The number of β-amino-alcohol motifs (C(OH)–C–C–N with tert-alkyl or cyclic N) is 2. The SMILES string of the molecule is CC(=O)N1C[C@H](O)C[C@@H]1C(=O)N1CCCN(C(=O)[C@H]2C[C@@H](O)CN2C(C)=O)CC1. The average molecular weight is 410 g/mol. The number of hydrogen-bond donors (Lipinski definition) is 2. The van der Waals surface area contributed by atoms with E-state index < -0.39 is 24.3 Å². The zero-order chi connectivity index (χ0) is 21.3. The van der Waals surface area contributed by atoms with Crippen molar-refractivity contribution in [1.29, 1.82) is 0 Å².